The van der Waals surface area contributed by atoms with Gasteiger partial charge in [0.2, 0.25) is 5.91 Å². The highest BCUT2D eigenvalue weighted by atomic mass is 32.2. The predicted octanol–water partition coefficient (Wildman–Crippen LogP) is 2.77. The first-order valence-corrected chi connectivity index (χ1v) is 11.3. The molecule has 0 aliphatic carbocycles. The van der Waals surface area contributed by atoms with Gasteiger partial charge in [0.15, 0.2) is 5.16 Å². The van der Waals surface area contributed by atoms with E-state index in [4.69, 9.17) is 4.74 Å². The zero-order valence-electron chi connectivity index (χ0n) is 18.8. The Morgan fingerprint density at radius 2 is 2.00 bits per heavy atom. The maximum atomic E-state index is 12.9. The Morgan fingerprint density at radius 3 is 2.79 bits per heavy atom. The van der Waals surface area contributed by atoms with Crippen molar-refractivity contribution in [2.75, 3.05) is 18.2 Å². The lowest BCUT2D eigenvalue weighted by atomic mass is 10.1. The number of methoxy groups -OCH3 is 1. The van der Waals surface area contributed by atoms with Crippen molar-refractivity contribution < 1.29 is 9.53 Å². The molecule has 0 atom stereocenters. The molecule has 3 heterocycles. The molecule has 4 rings (SSSR count). The van der Waals surface area contributed by atoms with Gasteiger partial charge in [-0.25, -0.2) is 4.98 Å². The number of carbonyl (C=O) groups is 1. The van der Waals surface area contributed by atoms with Crippen LogP contribution in [0.15, 0.2) is 52.5 Å². The highest BCUT2D eigenvalue weighted by Crippen LogP contribution is 2.26. The number of hydrogen-bond donors (Lipinski definition) is 1. The molecule has 1 amide bonds. The Labute approximate surface area is 194 Å². The Bertz CT molecular complexity index is 1390. The van der Waals surface area contributed by atoms with Crippen LogP contribution in [0.25, 0.3) is 5.65 Å². The van der Waals surface area contributed by atoms with Crippen molar-refractivity contribution in [2.24, 2.45) is 7.05 Å². The van der Waals surface area contributed by atoms with Gasteiger partial charge in [-0.3, -0.25) is 14.0 Å². The smallest absolute Gasteiger partial charge is 0.261 e. The predicted molar refractivity (Wildman–Crippen MR) is 127 cm³/mol. The van der Waals surface area contributed by atoms with Gasteiger partial charge in [0.05, 0.1) is 18.6 Å². The third-order valence-corrected chi connectivity index (χ3v) is 6.28. The minimum atomic E-state index is -0.179. The van der Waals surface area contributed by atoms with E-state index in [2.05, 4.69) is 20.5 Å². The molecule has 1 N–H and O–H groups in total. The number of hydrogen-bond acceptors (Lipinski definition) is 7. The number of carbonyl (C=O) groups excluding carboxylic acids is 1. The molecule has 0 saturated carbocycles. The molecule has 0 spiro atoms. The monoisotopic (exact) mass is 464 g/mol. The molecule has 4 aromatic rings. The summed E-state index contributed by atoms with van der Waals surface area (Å²) in [6.45, 7) is 3.77. The van der Waals surface area contributed by atoms with Crippen molar-refractivity contribution >= 4 is 29.0 Å². The largest absolute Gasteiger partial charge is 0.495 e. The number of aryl methyl sites for hydroxylation is 2. The van der Waals surface area contributed by atoms with Crippen LogP contribution in [0.1, 0.15) is 22.6 Å². The number of rotatable bonds is 7. The van der Waals surface area contributed by atoms with Crippen LogP contribution in [0.2, 0.25) is 0 Å². The molecule has 0 unspecified atom stereocenters. The van der Waals surface area contributed by atoms with Gasteiger partial charge in [0.25, 0.3) is 5.56 Å². The summed E-state index contributed by atoms with van der Waals surface area (Å²) in [7, 11) is 3.38. The fourth-order valence-corrected chi connectivity index (χ4v) is 4.19. The van der Waals surface area contributed by atoms with E-state index in [9.17, 15) is 9.59 Å². The van der Waals surface area contributed by atoms with Crippen LogP contribution in [0.5, 0.6) is 5.75 Å². The zero-order chi connectivity index (χ0) is 23.5. The number of amides is 1. The molecular weight excluding hydrogens is 440 g/mol. The maximum Gasteiger partial charge on any atom is 0.261 e. The standard InChI is InChI=1S/C23H24N6O3S/c1-14-8-9-18(32-4)17(11-14)25-21(30)13-33-23-27-26-20(28(23)3)12-16-15(2)24-19-7-5-6-10-29(19)22(16)31/h5-11H,12-13H2,1-4H3,(H,25,30). The Morgan fingerprint density at radius 1 is 1.18 bits per heavy atom. The number of benzene rings is 1. The SMILES string of the molecule is COc1ccc(C)cc1NC(=O)CSc1nnc(Cc2c(C)nc3ccccn3c2=O)n1C. The van der Waals surface area contributed by atoms with Gasteiger partial charge < -0.3 is 14.6 Å². The summed E-state index contributed by atoms with van der Waals surface area (Å²) in [6.07, 6.45) is 2.00. The second kappa shape index (κ2) is 9.45. The summed E-state index contributed by atoms with van der Waals surface area (Å²) in [5.74, 6) is 1.20. The first-order chi connectivity index (χ1) is 15.9. The van der Waals surface area contributed by atoms with Crippen LogP contribution in [0, 0.1) is 13.8 Å². The first kappa shape index (κ1) is 22.5. The van der Waals surface area contributed by atoms with E-state index >= 15 is 0 Å². The lowest BCUT2D eigenvalue weighted by molar-refractivity contribution is -0.113. The number of thioether (sulfide) groups is 1. The number of pyridine rings is 1. The minimum Gasteiger partial charge on any atom is -0.495 e. The van der Waals surface area contributed by atoms with E-state index in [1.54, 1.807) is 30.0 Å². The molecule has 9 nitrogen and oxygen atoms in total. The number of anilines is 1. The van der Waals surface area contributed by atoms with Crippen LogP contribution >= 0.6 is 11.8 Å². The molecule has 0 fully saturated rings. The van der Waals surface area contributed by atoms with Gasteiger partial charge in [0, 0.05) is 30.9 Å². The molecule has 0 saturated heterocycles. The molecule has 0 bridgehead atoms. The molecule has 0 aliphatic heterocycles. The average Bonchev–Trinajstić information content (AvgIpc) is 3.14. The third kappa shape index (κ3) is 4.75. The highest BCUT2D eigenvalue weighted by molar-refractivity contribution is 7.99. The third-order valence-electron chi connectivity index (χ3n) is 5.26. The maximum absolute atomic E-state index is 12.9. The van der Waals surface area contributed by atoms with E-state index in [0.717, 1.165) is 5.56 Å². The average molecular weight is 465 g/mol. The minimum absolute atomic E-state index is 0.123. The Kier molecular flexibility index (Phi) is 6.45. The van der Waals surface area contributed by atoms with Crippen molar-refractivity contribution in [3.63, 3.8) is 0 Å². The van der Waals surface area contributed by atoms with E-state index in [-0.39, 0.29) is 17.2 Å². The summed E-state index contributed by atoms with van der Waals surface area (Å²) in [5, 5.41) is 11.9. The van der Waals surface area contributed by atoms with Crippen LogP contribution in [0.4, 0.5) is 5.69 Å². The van der Waals surface area contributed by atoms with Crippen molar-refractivity contribution in [2.45, 2.75) is 25.4 Å². The van der Waals surface area contributed by atoms with Crippen molar-refractivity contribution in [3.8, 4) is 5.75 Å². The highest BCUT2D eigenvalue weighted by Gasteiger charge is 2.17. The second-order valence-corrected chi connectivity index (χ2v) is 8.53. The van der Waals surface area contributed by atoms with Crippen LogP contribution in [-0.2, 0) is 18.3 Å². The van der Waals surface area contributed by atoms with E-state index in [0.29, 0.717) is 45.7 Å². The van der Waals surface area contributed by atoms with Gasteiger partial charge in [-0.05, 0) is 43.7 Å². The molecule has 33 heavy (non-hydrogen) atoms. The molecule has 170 valence electrons. The molecule has 1 aromatic carbocycles. The van der Waals surface area contributed by atoms with Crippen molar-refractivity contribution in [1.82, 2.24) is 24.1 Å². The van der Waals surface area contributed by atoms with Crippen LogP contribution < -0.4 is 15.6 Å². The first-order valence-electron chi connectivity index (χ1n) is 10.3. The topological polar surface area (TPSA) is 103 Å². The van der Waals surface area contributed by atoms with Gasteiger partial charge in [0.1, 0.15) is 17.2 Å². The lowest BCUT2D eigenvalue weighted by Crippen LogP contribution is -2.22. The van der Waals surface area contributed by atoms with Gasteiger partial charge in [-0.2, -0.15) is 0 Å². The van der Waals surface area contributed by atoms with Crippen LogP contribution in [0.3, 0.4) is 0 Å². The zero-order valence-corrected chi connectivity index (χ0v) is 19.6. The quantitative estimate of drug-likeness (QED) is 0.420. The second-order valence-electron chi connectivity index (χ2n) is 7.58. The van der Waals surface area contributed by atoms with Crippen molar-refractivity contribution in [1.29, 1.82) is 0 Å². The summed E-state index contributed by atoms with van der Waals surface area (Å²) >= 11 is 1.27. The Hall–Kier alpha value is -3.66. The van der Waals surface area contributed by atoms with Gasteiger partial charge in [-0.1, -0.05) is 23.9 Å². The lowest BCUT2D eigenvalue weighted by Gasteiger charge is -2.11. The number of fused-ring (bicyclic) bond motifs is 1. The summed E-state index contributed by atoms with van der Waals surface area (Å²) in [4.78, 5) is 30.0. The molecule has 0 radical (unpaired) electrons. The summed E-state index contributed by atoms with van der Waals surface area (Å²) in [5.41, 5.74) is 3.36. The normalized spacial score (nSPS) is 11.0. The molecule has 10 heteroatoms. The van der Waals surface area contributed by atoms with Gasteiger partial charge in [-0.15, -0.1) is 10.2 Å². The molecule has 0 aliphatic rings. The van der Waals surface area contributed by atoms with Gasteiger partial charge >= 0.3 is 0 Å². The number of ether oxygens (including phenoxy) is 1. The Balaban J connectivity index is 1.47. The van der Waals surface area contributed by atoms with E-state index in [1.165, 1.54) is 16.2 Å². The fraction of sp³-hybridized carbons (Fsp3) is 0.261. The van der Waals surface area contributed by atoms with Crippen LogP contribution in [-0.4, -0.2) is 42.9 Å². The fourth-order valence-electron chi connectivity index (χ4n) is 3.46. The number of aromatic nitrogens is 5. The number of nitrogens with one attached hydrogen (secondary N) is 1. The summed E-state index contributed by atoms with van der Waals surface area (Å²) < 4.78 is 8.63. The van der Waals surface area contributed by atoms with Crippen molar-refractivity contribution in [3.05, 3.63) is 75.6 Å². The summed E-state index contributed by atoms with van der Waals surface area (Å²) in [6, 6.07) is 11.0. The van der Waals surface area contributed by atoms with E-state index in [1.807, 2.05) is 45.2 Å². The molecule has 3 aromatic heterocycles. The molecular formula is C23H24N6O3S. The van der Waals surface area contributed by atoms with E-state index < -0.39 is 0 Å². The number of nitrogens with zero attached hydrogens (tertiary/aromatic N) is 5.